The number of sulfone groups is 1. The molecule has 0 spiro atoms. The average Bonchev–Trinajstić information content (AvgIpc) is 2.42. The lowest BCUT2D eigenvalue weighted by atomic mass is 10.1. The lowest BCUT2D eigenvalue weighted by Crippen LogP contribution is -2.32. The van der Waals surface area contributed by atoms with Crippen LogP contribution in [0.3, 0.4) is 0 Å². The van der Waals surface area contributed by atoms with Crippen LogP contribution in [0.4, 0.5) is 0 Å². The summed E-state index contributed by atoms with van der Waals surface area (Å²) in [6, 6.07) is 0. The van der Waals surface area contributed by atoms with Gasteiger partial charge in [-0.15, -0.1) is 11.6 Å². The summed E-state index contributed by atoms with van der Waals surface area (Å²) in [7, 11) is -2.96. The molecule has 1 aliphatic rings. The van der Waals surface area contributed by atoms with Gasteiger partial charge in [0.05, 0.1) is 17.4 Å². The fraction of sp³-hybridized carbons (Fsp3) is 0.857. The van der Waals surface area contributed by atoms with E-state index in [-0.39, 0.29) is 23.3 Å². The summed E-state index contributed by atoms with van der Waals surface area (Å²) in [5, 5.41) is 2.58. The van der Waals surface area contributed by atoms with Gasteiger partial charge in [0.25, 0.3) is 0 Å². The largest absolute Gasteiger partial charge is 0.355 e. The molecule has 4 nitrogen and oxygen atoms in total. The van der Waals surface area contributed by atoms with Gasteiger partial charge < -0.3 is 5.32 Å². The highest BCUT2D eigenvalue weighted by molar-refractivity contribution is 7.91. The molecule has 0 bridgehead atoms. The van der Waals surface area contributed by atoms with Crippen molar-refractivity contribution in [2.45, 2.75) is 6.42 Å². The highest BCUT2D eigenvalue weighted by Gasteiger charge is 2.32. The van der Waals surface area contributed by atoms with Crippen molar-refractivity contribution in [1.82, 2.24) is 5.32 Å². The van der Waals surface area contributed by atoms with E-state index in [0.29, 0.717) is 18.8 Å². The third-order valence-corrected chi connectivity index (χ3v) is 3.95. The van der Waals surface area contributed by atoms with E-state index in [1.165, 1.54) is 0 Å². The van der Waals surface area contributed by atoms with E-state index in [1.54, 1.807) is 0 Å². The van der Waals surface area contributed by atoms with Crippen LogP contribution < -0.4 is 5.32 Å². The van der Waals surface area contributed by atoms with Crippen molar-refractivity contribution >= 4 is 27.3 Å². The zero-order chi connectivity index (χ0) is 9.90. The van der Waals surface area contributed by atoms with Crippen LogP contribution in [0.5, 0.6) is 0 Å². The third kappa shape index (κ3) is 3.15. The first-order valence-corrected chi connectivity index (χ1v) is 6.45. The Morgan fingerprint density at radius 3 is 2.69 bits per heavy atom. The van der Waals surface area contributed by atoms with Crippen molar-refractivity contribution < 1.29 is 13.2 Å². The molecule has 13 heavy (non-hydrogen) atoms. The lowest BCUT2D eigenvalue weighted by molar-refractivity contribution is -0.124. The van der Waals surface area contributed by atoms with Crippen LogP contribution >= 0.6 is 11.6 Å². The Morgan fingerprint density at radius 2 is 2.23 bits per heavy atom. The van der Waals surface area contributed by atoms with Crippen LogP contribution in [0.25, 0.3) is 0 Å². The van der Waals surface area contributed by atoms with Crippen molar-refractivity contribution in [2.75, 3.05) is 23.9 Å². The van der Waals surface area contributed by atoms with Crippen molar-refractivity contribution in [1.29, 1.82) is 0 Å². The first-order valence-electron chi connectivity index (χ1n) is 4.09. The molecule has 1 N–H and O–H groups in total. The molecule has 76 valence electrons. The van der Waals surface area contributed by atoms with Gasteiger partial charge in [-0.3, -0.25) is 4.79 Å². The zero-order valence-corrected chi connectivity index (χ0v) is 8.70. The highest BCUT2D eigenvalue weighted by atomic mass is 35.5. The van der Waals surface area contributed by atoms with E-state index in [2.05, 4.69) is 5.32 Å². The third-order valence-electron chi connectivity index (χ3n) is 2.00. The number of rotatable bonds is 3. The number of hydrogen-bond acceptors (Lipinski definition) is 3. The summed E-state index contributed by atoms with van der Waals surface area (Å²) in [6.45, 7) is 0.400. The molecule has 1 heterocycles. The molecule has 0 aliphatic carbocycles. The van der Waals surface area contributed by atoms with Gasteiger partial charge in [-0.2, -0.15) is 0 Å². The molecule has 6 heteroatoms. The standard InChI is InChI=1S/C7H12ClNO3S/c8-2-3-9-7(10)6-1-4-13(11,12)5-6/h6H,1-5H2,(H,9,10). The minimum absolute atomic E-state index is 0.0128. The molecule has 1 saturated heterocycles. The van der Waals surface area contributed by atoms with E-state index in [4.69, 9.17) is 11.6 Å². The van der Waals surface area contributed by atoms with Gasteiger partial charge in [-0.1, -0.05) is 0 Å². The van der Waals surface area contributed by atoms with Crippen LogP contribution in [0.2, 0.25) is 0 Å². The van der Waals surface area contributed by atoms with E-state index in [1.807, 2.05) is 0 Å². The number of alkyl halides is 1. The monoisotopic (exact) mass is 225 g/mol. The second-order valence-corrected chi connectivity index (χ2v) is 5.69. The van der Waals surface area contributed by atoms with Crippen molar-refractivity contribution in [2.24, 2.45) is 5.92 Å². The molecule has 0 saturated carbocycles. The Labute approximate surface area is 82.6 Å². The molecule has 0 aromatic rings. The van der Waals surface area contributed by atoms with Crippen LogP contribution in [0.1, 0.15) is 6.42 Å². The molecule has 1 amide bonds. The second kappa shape index (κ2) is 4.28. The normalized spacial score (nSPS) is 25.8. The van der Waals surface area contributed by atoms with Crippen LogP contribution in [-0.4, -0.2) is 38.3 Å². The minimum Gasteiger partial charge on any atom is -0.355 e. The predicted molar refractivity (Wildman–Crippen MR) is 50.5 cm³/mol. The maximum absolute atomic E-state index is 11.3. The number of amides is 1. The van der Waals surface area contributed by atoms with E-state index >= 15 is 0 Å². The first-order chi connectivity index (χ1) is 6.05. The smallest absolute Gasteiger partial charge is 0.224 e. The van der Waals surface area contributed by atoms with Crippen LogP contribution in [0.15, 0.2) is 0 Å². The molecular weight excluding hydrogens is 214 g/mol. The van der Waals surface area contributed by atoms with Gasteiger partial charge >= 0.3 is 0 Å². The van der Waals surface area contributed by atoms with Gasteiger partial charge in [0.15, 0.2) is 9.84 Å². The number of carbonyl (C=O) groups is 1. The quantitative estimate of drug-likeness (QED) is 0.676. The number of hydrogen-bond donors (Lipinski definition) is 1. The van der Waals surface area contributed by atoms with Gasteiger partial charge in [0.1, 0.15) is 0 Å². The number of carbonyl (C=O) groups excluding carboxylic acids is 1. The lowest BCUT2D eigenvalue weighted by Gasteiger charge is -2.06. The van der Waals surface area contributed by atoms with Gasteiger partial charge in [0.2, 0.25) is 5.91 Å². The average molecular weight is 226 g/mol. The summed E-state index contributed by atoms with van der Waals surface area (Å²) < 4.78 is 22.0. The number of halogens is 1. The SMILES string of the molecule is O=C(NCCCl)C1CCS(=O)(=O)C1. The van der Waals surface area contributed by atoms with Gasteiger partial charge in [-0.05, 0) is 6.42 Å². The predicted octanol–water partition coefficient (Wildman–Crippen LogP) is -0.224. The van der Waals surface area contributed by atoms with Gasteiger partial charge in [-0.25, -0.2) is 8.42 Å². The summed E-state index contributed by atoms with van der Waals surface area (Å²) in [5.74, 6) is -0.0897. The summed E-state index contributed by atoms with van der Waals surface area (Å²) >= 11 is 5.38. The van der Waals surface area contributed by atoms with Crippen molar-refractivity contribution in [3.05, 3.63) is 0 Å². The molecule has 1 atom stereocenters. The summed E-state index contributed by atoms with van der Waals surface area (Å²) in [6.07, 6.45) is 0.441. The van der Waals surface area contributed by atoms with Crippen molar-refractivity contribution in [3.63, 3.8) is 0 Å². The van der Waals surface area contributed by atoms with Crippen LogP contribution in [0, 0.1) is 5.92 Å². The fourth-order valence-electron chi connectivity index (χ4n) is 1.32. The summed E-state index contributed by atoms with van der Waals surface area (Å²) in [4.78, 5) is 11.3. The Balaban J connectivity index is 2.42. The molecule has 1 rings (SSSR count). The zero-order valence-electron chi connectivity index (χ0n) is 7.12. The minimum atomic E-state index is -2.96. The van der Waals surface area contributed by atoms with Gasteiger partial charge in [0, 0.05) is 12.4 Å². The molecule has 1 fully saturated rings. The maximum atomic E-state index is 11.3. The molecule has 0 aromatic carbocycles. The van der Waals surface area contributed by atoms with E-state index in [9.17, 15) is 13.2 Å². The van der Waals surface area contributed by atoms with Crippen LogP contribution in [-0.2, 0) is 14.6 Å². The van der Waals surface area contributed by atoms with Crippen molar-refractivity contribution in [3.8, 4) is 0 Å². The Hall–Kier alpha value is -0.290. The van der Waals surface area contributed by atoms with E-state index < -0.39 is 9.84 Å². The first kappa shape index (κ1) is 10.8. The second-order valence-electron chi connectivity index (χ2n) is 3.08. The number of nitrogens with one attached hydrogen (secondary N) is 1. The summed E-state index contributed by atoms with van der Waals surface area (Å²) in [5.41, 5.74) is 0. The molecule has 1 unspecified atom stereocenters. The molecule has 0 aromatic heterocycles. The Bertz CT molecular complexity index is 288. The molecule has 0 radical (unpaired) electrons. The maximum Gasteiger partial charge on any atom is 0.224 e. The Kier molecular flexibility index (Phi) is 3.55. The fourth-order valence-corrected chi connectivity index (χ4v) is 3.15. The van der Waals surface area contributed by atoms with E-state index in [0.717, 1.165) is 0 Å². The highest BCUT2D eigenvalue weighted by Crippen LogP contribution is 2.18. The molecule has 1 aliphatic heterocycles. The molecular formula is C7H12ClNO3S. The Morgan fingerprint density at radius 1 is 1.54 bits per heavy atom. The topological polar surface area (TPSA) is 63.2 Å².